The fraction of sp³-hybridized carbons (Fsp3) is 0.947. The molecule has 1 heterocycles. The molecule has 2 aliphatic rings. The van der Waals surface area contributed by atoms with Crippen LogP contribution in [0, 0.1) is 5.41 Å². The van der Waals surface area contributed by atoms with E-state index in [0.29, 0.717) is 11.5 Å². The highest BCUT2D eigenvalue weighted by Gasteiger charge is 2.33. The van der Waals surface area contributed by atoms with Crippen LogP contribution < -0.4 is 10.6 Å². The molecule has 1 unspecified atom stereocenters. The molecule has 2 N–H and O–H groups in total. The van der Waals surface area contributed by atoms with Gasteiger partial charge in [0, 0.05) is 39.9 Å². The van der Waals surface area contributed by atoms with Crippen LogP contribution in [0.2, 0.25) is 0 Å². The Kier molecular flexibility index (Phi) is 11.3. The number of nitrogens with one attached hydrogen (secondary N) is 2. The van der Waals surface area contributed by atoms with E-state index in [-0.39, 0.29) is 24.0 Å². The quantitative estimate of drug-likeness (QED) is 0.328. The Balaban J connectivity index is 0.00000312. The monoisotopic (exact) mass is 466 g/mol. The Morgan fingerprint density at radius 3 is 2.60 bits per heavy atom. The molecule has 1 saturated carbocycles. The SMILES string of the molecule is CCN1CCCCC1CNC(=NC)NCC1(CCOC)CCCC1.I. The lowest BCUT2D eigenvalue weighted by Crippen LogP contribution is -2.50. The zero-order valence-electron chi connectivity index (χ0n) is 16.5. The third kappa shape index (κ3) is 7.21. The first-order valence-corrected chi connectivity index (χ1v) is 9.90. The molecule has 0 amide bonds. The Morgan fingerprint density at radius 1 is 1.20 bits per heavy atom. The molecule has 5 nitrogen and oxygen atoms in total. The molecule has 0 aromatic rings. The second kappa shape index (κ2) is 12.3. The number of rotatable bonds is 8. The summed E-state index contributed by atoms with van der Waals surface area (Å²) in [5.74, 6) is 0.959. The van der Waals surface area contributed by atoms with Gasteiger partial charge in [-0.3, -0.25) is 9.89 Å². The van der Waals surface area contributed by atoms with E-state index < -0.39 is 0 Å². The molecule has 0 aromatic carbocycles. The topological polar surface area (TPSA) is 48.9 Å². The summed E-state index contributed by atoms with van der Waals surface area (Å²) >= 11 is 0. The lowest BCUT2D eigenvalue weighted by atomic mass is 9.83. The van der Waals surface area contributed by atoms with E-state index in [1.54, 1.807) is 7.11 Å². The van der Waals surface area contributed by atoms with Gasteiger partial charge < -0.3 is 15.4 Å². The highest BCUT2D eigenvalue weighted by atomic mass is 127. The lowest BCUT2D eigenvalue weighted by molar-refractivity contribution is 0.138. The molecule has 0 bridgehead atoms. The van der Waals surface area contributed by atoms with E-state index in [4.69, 9.17) is 4.74 Å². The molecular weight excluding hydrogens is 427 g/mol. The summed E-state index contributed by atoms with van der Waals surface area (Å²) in [5, 5.41) is 7.17. The van der Waals surface area contributed by atoms with Crippen LogP contribution in [0.25, 0.3) is 0 Å². The Bertz CT molecular complexity index is 386. The van der Waals surface area contributed by atoms with Crippen LogP contribution in [0.1, 0.15) is 58.3 Å². The van der Waals surface area contributed by atoms with E-state index in [1.165, 1.54) is 51.5 Å². The van der Waals surface area contributed by atoms with Gasteiger partial charge in [-0.05, 0) is 50.6 Å². The second-order valence-electron chi connectivity index (χ2n) is 7.53. The minimum Gasteiger partial charge on any atom is -0.385 e. The normalized spacial score (nSPS) is 24.0. The summed E-state index contributed by atoms with van der Waals surface area (Å²) in [6.45, 7) is 7.54. The van der Waals surface area contributed by atoms with Gasteiger partial charge in [-0.1, -0.05) is 26.2 Å². The van der Waals surface area contributed by atoms with Crippen LogP contribution in [0.3, 0.4) is 0 Å². The van der Waals surface area contributed by atoms with Crippen molar-refractivity contribution in [3.8, 4) is 0 Å². The first-order chi connectivity index (χ1) is 11.7. The summed E-state index contributed by atoms with van der Waals surface area (Å²) < 4.78 is 5.33. The van der Waals surface area contributed by atoms with E-state index in [9.17, 15) is 0 Å². The van der Waals surface area contributed by atoms with Crippen LogP contribution in [0.4, 0.5) is 0 Å². The standard InChI is InChI=1S/C19H38N4O.HI/c1-4-23-13-8-5-9-17(23)15-21-18(20-2)22-16-19(12-14-24-3)10-6-7-11-19;/h17H,4-16H2,1-3H3,(H2,20,21,22);1H. The van der Waals surface area contributed by atoms with Crippen molar-refractivity contribution in [1.29, 1.82) is 0 Å². The highest BCUT2D eigenvalue weighted by molar-refractivity contribution is 14.0. The second-order valence-corrected chi connectivity index (χ2v) is 7.53. The predicted molar refractivity (Wildman–Crippen MR) is 117 cm³/mol. The summed E-state index contributed by atoms with van der Waals surface area (Å²) in [6.07, 6.45) is 10.5. The fourth-order valence-electron chi connectivity index (χ4n) is 4.37. The van der Waals surface area contributed by atoms with Crippen LogP contribution in [0.5, 0.6) is 0 Å². The molecule has 0 spiro atoms. The number of nitrogens with zero attached hydrogens (tertiary/aromatic N) is 2. The van der Waals surface area contributed by atoms with Crippen molar-refractivity contribution in [2.75, 3.05) is 46.9 Å². The van der Waals surface area contributed by atoms with Crippen LogP contribution in [-0.2, 0) is 4.74 Å². The van der Waals surface area contributed by atoms with Crippen LogP contribution in [0.15, 0.2) is 4.99 Å². The summed E-state index contributed by atoms with van der Waals surface area (Å²) in [5.41, 5.74) is 0.397. The van der Waals surface area contributed by atoms with Crippen molar-refractivity contribution in [3.63, 3.8) is 0 Å². The van der Waals surface area contributed by atoms with E-state index in [1.807, 2.05) is 7.05 Å². The molecule has 1 atom stereocenters. The molecule has 6 heteroatoms. The molecule has 0 aromatic heterocycles. The number of halogens is 1. The van der Waals surface area contributed by atoms with Crippen molar-refractivity contribution in [3.05, 3.63) is 0 Å². The van der Waals surface area contributed by atoms with Gasteiger partial charge in [0.2, 0.25) is 0 Å². The van der Waals surface area contributed by atoms with Gasteiger partial charge in [-0.15, -0.1) is 24.0 Å². The molecule has 0 radical (unpaired) electrons. The Morgan fingerprint density at radius 2 is 1.96 bits per heavy atom. The minimum atomic E-state index is 0. The summed E-state index contributed by atoms with van der Waals surface area (Å²) in [7, 11) is 3.69. The third-order valence-electron chi connectivity index (χ3n) is 6.02. The van der Waals surface area contributed by atoms with Crippen LogP contribution in [-0.4, -0.2) is 63.8 Å². The van der Waals surface area contributed by atoms with Gasteiger partial charge in [-0.25, -0.2) is 0 Å². The first-order valence-electron chi connectivity index (χ1n) is 9.90. The number of likely N-dealkylation sites (N-methyl/N-ethyl adjacent to an activating group) is 1. The molecule has 25 heavy (non-hydrogen) atoms. The average molecular weight is 466 g/mol. The van der Waals surface area contributed by atoms with Crippen molar-refractivity contribution < 1.29 is 4.74 Å². The predicted octanol–water partition coefficient (Wildman–Crippen LogP) is 3.24. The van der Waals surface area contributed by atoms with Crippen molar-refractivity contribution >= 4 is 29.9 Å². The molecule has 2 fully saturated rings. The van der Waals surface area contributed by atoms with Gasteiger partial charge in [0.05, 0.1) is 0 Å². The largest absolute Gasteiger partial charge is 0.385 e. The third-order valence-corrected chi connectivity index (χ3v) is 6.02. The minimum absolute atomic E-state index is 0. The average Bonchev–Trinajstić information content (AvgIpc) is 3.09. The zero-order chi connectivity index (χ0) is 17.3. The fourth-order valence-corrected chi connectivity index (χ4v) is 4.37. The van der Waals surface area contributed by atoms with Gasteiger partial charge >= 0.3 is 0 Å². The highest BCUT2D eigenvalue weighted by Crippen LogP contribution is 2.40. The number of hydrogen-bond donors (Lipinski definition) is 2. The Labute approximate surface area is 171 Å². The molecule has 1 saturated heterocycles. The number of guanidine groups is 1. The molecular formula is C19H39IN4O. The molecule has 1 aliphatic heterocycles. The maximum atomic E-state index is 5.33. The number of ether oxygens (including phenoxy) is 1. The number of aliphatic imine (C=N–C) groups is 1. The lowest BCUT2D eigenvalue weighted by Gasteiger charge is -2.35. The number of piperidine rings is 1. The first kappa shape index (κ1) is 23.0. The van der Waals surface area contributed by atoms with Gasteiger partial charge in [0.25, 0.3) is 0 Å². The maximum absolute atomic E-state index is 5.33. The van der Waals surface area contributed by atoms with Gasteiger partial charge in [-0.2, -0.15) is 0 Å². The number of hydrogen-bond acceptors (Lipinski definition) is 3. The van der Waals surface area contributed by atoms with E-state index in [0.717, 1.165) is 38.6 Å². The van der Waals surface area contributed by atoms with Crippen molar-refractivity contribution in [2.45, 2.75) is 64.3 Å². The zero-order valence-corrected chi connectivity index (χ0v) is 18.8. The van der Waals surface area contributed by atoms with Gasteiger partial charge in [0.1, 0.15) is 0 Å². The summed E-state index contributed by atoms with van der Waals surface area (Å²) in [6, 6.07) is 0.649. The molecule has 1 aliphatic carbocycles. The van der Waals surface area contributed by atoms with Crippen molar-refractivity contribution in [1.82, 2.24) is 15.5 Å². The van der Waals surface area contributed by atoms with Crippen molar-refractivity contribution in [2.24, 2.45) is 10.4 Å². The van der Waals surface area contributed by atoms with E-state index >= 15 is 0 Å². The van der Waals surface area contributed by atoms with Gasteiger partial charge in [0.15, 0.2) is 5.96 Å². The Hall–Kier alpha value is -0.0800. The maximum Gasteiger partial charge on any atom is 0.191 e. The smallest absolute Gasteiger partial charge is 0.191 e. The molecule has 2 rings (SSSR count). The number of methoxy groups -OCH3 is 1. The number of likely N-dealkylation sites (tertiary alicyclic amines) is 1. The summed E-state index contributed by atoms with van der Waals surface area (Å²) in [4.78, 5) is 7.04. The van der Waals surface area contributed by atoms with E-state index in [2.05, 4.69) is 27.4 Å². The molecule has 148 valence electrons. The van der Waals surface area contributed by atoms with Crippen LogP contribution >= 0.6 is 24.0 Å².